The molecule has 92 valence electrons. The van der Waals surface area contributed by atoms with Crippen molar-refractivity contribution < 1.29 is 9.53 Å². The van der Waals surface area contributed by atoms with Crippen LogP contribution in [0.1, 0.15) is 33.6 Å². The van der Waals surface area contributed by atoms with Gasteiger partial charge in [0, 0.05) is 14.1 Å². The van der Waals surface area contributed by atoms with E-state index in [0.29, 0.717) is 6.61 Å². The number of carbonyl (C=O) groups is 1. The molecule has 0 saturated heterocycles. The van der Waals surface area contributed by atoms with Crippen LogP contribution in [0.3, 0.4) is 0 Å². The summed E-state index contributed by atoms with van der Waals surface area (Å²) in [6.45, 7) is 6.61. The minimum absolute atomic E-state index is 0.298. The maximum absolute atomic E-state index is 11.1. The quantitative estimate of drug-likeness (QED) is 0.671. The smallest absolute Gasteiger partial charge is 0.409 e. The number of ether oxygens (including phenoxy) is 1. The van der Waals surface area contributed by atoms with Crippen LogP contribution in [0.4, 0.5) is 4.79 Å². The normalized spacial score (nSPS) is 10.9. The molecule has 3 heteroatoms. The number of rotatable bonds is 5. The molecule has 0 radical (unpaired) electrons. The molecule has 0 unspecified atom stereocenters. The molecule has 0 rings (SSSR count). The Labute approximate surface area is 98.8 Å². The van der Waals surface area contributed by atoms with Crippen molar-refractivity contribution in [1.29, 1.82) is 0 Å². The third kappa shape index (κ3) is 8.09. The van der Waals surface area contributed by atoms with E-state index in [0.717, 1.165) is 12.8 Å². The average molecular weight is 225 g/mol. The Morgan fingerprint density at radius 1 is 1.19 bits per heavy atom. The second-order valence-corrected chi connectivity index (χ2v) is 4.34. The van der Waals surface area contributed by atoms with E-state index in [4.69, 9.17) is 4.74 Å². The second kappa shape index (κ2) is 7.97. The van der Waals surface area contributed by atoms with Crippen molar-refractivity contribution >= 4 is 6.09 Å². The molecule has 16 heavy (non-hydrogen) atoms. The van der Waals surface area contributed by atoms with E-state index in [2.05, 4.69) is 26.8 Å². The minimum Gasteiger partial charge on any atom is -0.445 e. The first-order valence-electron chi connectivity index (χ1n) is 5.56. The highest BCUT2D eigenvalue weighted by Gasteiger charge is 2.01. The van der Waals surface area contributed by atoms with Gasteiger partial charge in [0.05, 0.1) is 0 Å². The lowest BCUT2D eigenvalue weighted by Crippen LogP contribution is -2.22. The standard InChI is InChI=1S/C13H23NO2/c1-11(2)7-6-8-12(3)9-10-16-13(15)14(4)5/h7,9H,6,8,10H2,1-5H3/b12-9+. The zero-order chi connectivity index (χ0) is 12.6. The number of nitrogens with zero attached hydrogens (tertiary/aromatic N) is 1. The van der Waals surface area contributed by atoms with Gasteiger partial charge in [-0.05, 0) is 39.7 Å². The van der Waals surface area contributed by atoms with E-state index in [1.165, 1.54) is 16.0 Å². The summed E-state index contributed by atoms with van der Waals surface area (Å²) in [7, 11) is 3.35. The summed E-state index contributed by atoms with van der Waals surface area (Å²) >= 11 is 0. The third-order valence-electron chi connectivity index (χ3n) is 2.10. The molecular formula is C13H23NO2. The molecule has 0 aromatic carbocycles. The maximum Gasteiger partial charge on any atom is 0.409 e. The first kappa shape index (κ1) is 14.8. The highest BCUT2D eigenvalue weighted by atomic mass is 16.5. The number of hydrogen-bond donors (Lipinski definition) is 0. The number of hydrogen-bond acceptors (Lipinski definition) is 2. The summed E-state index contributed by atoms with van der Waals surface area (Å²) in [5.41, 5.74) is 2.59. The van der Waals surface area contributed by atoms with Crippen molar-refractivity contribution in [2.75, 3.05) is 20.7 Å². The van der Waals surface area contributed by atoms with Crippen molar-refractivity contribution in [1.82, 2.24) is 4.90 Å². The molecule has 0 atom stereocenters. The first-order chi connectivity index (χ1) is 7.43. The molecule has 0 aliphatic carbocycles. The van der Waals surface area contributed by atoms with E-state index in [1.54, 1.807) is 14.1 Å². The zero-order valence-electron chi connectivity index (χ0n) is 11.0. The molecule has 0 bridgehead atoms. The number of allylic oxidation sites excluding steroid dienone is 3. The van der Waals surface area contributed by atoms with Crippen LogP contribution in [-0.4, -0.2) is 31.7 Å². The van der Waals surface area contributed by atoms with Crippen molar-refractivity contribution in [3.8, 4) is 0 Å². The van der Waals surface area contributed by atoms with Crippen LogP contribution >= 0.6 is 0 Å². The van der Waals surface area contributed by atoms with Crippen LogP contribution in [0.15, 0.2) is 23.3 Å². The molecule has 0 aromatic heterocycles. The SMILES string of the molecule is CC(C)=CCC/C(C)=C/COC(=O)N(C)C. The van der Waals surface area contributed by atoms with Crippen LogP contribution in [0.25, 0.3) is 0 Å². The molecule has 0 saturated carbocycles. The fourth-order valence-corrected chi connectivity index (χ4v) is 1.07. The largest absolute Gasteiger partial charge is 0.445 e. The lowest BCUT2D eigenvalue weighted by Gasteiger charge is -2.09. The molecule has 0 fully saturated rings. The highest BCUT2D eigenvalue weighted by Crippen LogP contribution is 2.06. The van der Waals surface area contributed by atoms with Gasteiger partial charge in [0.2, 0.25) is 0 Å². The first-order valence-corrected chi connectivity index (χ1v) is 5.56. The van der Waals surface area contributed by atoms with E-state index >= 15 is 0 Å². The zero-order valence-corrected chi connectivity index (χ0v) is 11.0. The van der Waals surface area contributed by atoms with Gasteiger partial charge in [-0.3, -0.25) is 0 Å². The number of carbonyl (C=O) groups excluding carboxylic acids is 1. The van der Waals surface area contributed by atoms with Crippen molar-refractivity contribution in [3.05, 3.63) is 23.3 Å². The van der Waals surface area contributed by atoms with Crippen molar-refractivity contribution in [2.45, 2.75) is 33.6 Å². The predicted octanol–water partition coefficient (Wildman–Crippen LogP) is 3.38. The van der Waals surface area contributed by atoms with Crippen LogP contribution in [0.5, 0.6) is 0 Å². The summed E-state index contributed by atoms with van der Waals surface area (Å²) in [5.74, 6) is 0. The van der Waals surface area contributed by atoms with Gasteiger partial charge in [0.1, 0.15) is 6.61 Å². The second-order valence-electron chi connectivity index (χ2n) is 4.34. The van der Waals surface area contributed by atoms with E-state index in [-0.39, 0.29) is 6.09 Å². The minimum atomic E-state index is -0.298. The van der Waals surface area contributed by atoms with E-state index in [9.17, 15) is 4.79 Å². The van der Waals surface area contributed by atoms with Gasteiger partial charge < -0.3 is 9.64 Å². The summed E-state index contributed by atoms with van der Waals surface area (Å²) < 4.78 is 5.00. The van der Waals surface area contributed by atoms with Crippen LogP contribution in [0.2, 0.25) is 0 Å². The van der Waals surface area contributed by atoms with Crippen molar-refractivity contribution in [2.24, 2.45) is 0 Å². The van der Waals surface area contributed by atoms with Gasteiger partial charge in [-0.1, -0.05) is 17.2 Å². The highest BCUT2D eigenvalue weighted by molar-refractivity contribution is 5.66. The fraction of sp³-hybridized carbons (Fsp3) is 0.615. The monoisotopic (exact) mass is 225 g/mol. The summed E-state index contributed by atoms with van der Waals surface area (Å²) in [6.07, 6.45) is 5.94. The molecule has 0 N–H and O–H groups in total. The maximum atomic E-state index is 11.1. The van der Waals surface area contributed by atoms with Gasteiger partial charge in [-0.2, -0.15) is 0 Å². The Hall–Kier alpha value is -1.25. The Balaban J connectivity index is 3.79. The molecule has 0 spiro atoms. The molecule has 1 amide bonds. The fourth-order valence-electron chi connectivity index (χ4n) is 1.07. The predicted molar refractivity (Wildman–Crippen MR) is 67.5 cm³/mol. The third-order valence-corrected chi connectivity index (χ3v) is 2.10. The van der Waals surface area contributed by atoms with E-state index in [1.807, 2.05) is 6.08 Å². The average Bonchev–Trinajstić information content (AvgIpc) is 2.16. The van der Waals surface area contributed by atoms with Gasteiger partial charge in [-0.15, -0.1) is 0 Å². The lowest BCUT2D eigenvalue weighted by molar-refractivity contribution is 0.129. The van der Waals surface area contributed by atoms with Crippen molar-refractivity contribution in [3.63, 3.8) is 0 Å². The Bertz CT molecular complexity index is 274. The van der Waals surface area contributed by atoms with Gasteiger partial charge in [0.25, 0.3) is 0 Å². The Morgan fingerprint density at radius 2 is 1.81 bits per heavy atom. The Morgan fingerprint density at radius 3 is 2.31 bits per heavy atom. The summed E-state index contributed by atoms with van der Waals surface area (Å²) in [4.78, 5) is 12.5. The van der Waals surface area contributed by atoms with E-state index < -0.39 is 0 Å². The van der Waals surface area contributed by atoms with Gasteiger partial charge in [0.15, 0.2) is 0 Å². The molecule has 3 nitrogen and oxygen atoms in total. The summed E-state index contributed by atoms with van der Waals surface area (Å²) in [5, 5.41) is 0. The van der Waals surface area contributed by atoms with Gasteiger partial charge >= 0.3 is 6.09 Å². The van der Waals surface area contributed by atoms with Crippen LogP contribution < -0.4 is 0 Å². The lowest BCUT2D eigenvalue weighted by atomic mass is 10.1. The van der Waals surface area contributed by atoms with Crippen LogP contribution in [0, 0.1) is 0 Å². The molecule has 0 heterocycles. The van der Waals surface area contributed by atoms with Gasteiger partial charge in [-0.25, -0.2) is 4.79 Å². The molecule has 0 aromatic rings. The molecular weight excluding hydrogens is 202 g/mol. The summed E-state index contributed by atoms with van der Waals surface area (Å²) in [6, 6.07) is 0. The number of amides is 1. The molecule has 0 aliphatic heterocycles. The topological polar surface area (TPSA) is 29.5 Å². The molecule has 0 aliphatic rings. The Kier molecular flexibility index (Phi) is 7.34. The van der Waals surface area contributed by atoms with Crippen LogP contribution in [-0.2, 0) is 4.74 Å².